The fraction of sp³-hybridized carbons (Fsp3) is 0.727. The first kappa shape index (κ1) is 11.9. The molecule has 15 heavy (non-hydrogen) atoms. The summed E-state index contributed by atoms with van der Waals surface area (Å²) in [6, 6.07) is 0. The molecule has 4 nitrogen and oxygen atoms in total. The first-order valence-corrected chi connectivity index (χ1v) is 4.94. The van der Waals surface area contributed by atoms with Gasteiger partial charge in [-0.05, 0) is 12.8 Å². The van der Waals surface area contributed by atoms with Crippen molar-refractivity contribution in [3.05, 3.63) is 0 Å². The summed E-state index contributed by atoms with van der Waals surface area (Å²) in [6.07, 6.45) is 0.138. The van der Waals surface area contributed by atoms with Gasteiger partial charge in [-0.1, -0.05) is 13.8 Å². The zero-order chi connectivity index (χ0) is 11.8. The maximum Gasteiger partial charge on any atom is 0.305 e. The molecule has 0 aromatic heterocycles. The third kappa shape index (κ3) is 1.80. The molecule has 2 atom stereocenters. The molecule has 1 fully saturated rings. The van der Waals surface area contributed by atoms with E-state index < -0.39 is 11.3 Å². The Morgan fingerprint density at radius 2 is 1.93 bits per heavy atom. The zero-order valence-corrected chi connectivity index (χ0v) is 9.49. The van der Waals surface area contributed by atoms with Gasteiger partial charge in [0.25, 0.3) is 0 Å². The Bertz CT molecular complexity index is 317. The topological polar surface area (TPSA) is 60.4 Å². The Hall–Kier alpha value is -1.19. The maximum atomic E-state index is 11.6. The Balaban J connectivity index is 2.80. The van der Waals surface area contributed by atoms with Gasteiger partial charge in [0, 0.05) is 5.41 Å². The molecular formula is C11H16O4. The van der Waals surface area contributed by atoms with E-state index in [0.29, 0.717) is 0 Å². The van der Waals surface area contributed by atoms with E-state index in [9.17, 15) is 14.4 Å². The van der Waals surface area contributed by atoms with Gasteiger partial charge in [-0.2, -0.15) is 0 Å². The lowest BCUT2D eigenvalue weighted by atomic mass is 9.52. The summed E-state index contributed by atoms with van der Waals surface area (Å²) in [5, 5.41) is 0. The van der Waals surface area contributed by atoms with Crippen molar-refractivity contribution >= 4 is 17.5 Å². The molecule has 0 aromatic carbocycles. The lowest BCUT2D eigenvalue weighted by Gasteiger charge is -2.47. The summed E-state index contributed by atoms with van der Waals surface area (Å²) >= 11 is 0. The van der Waals surface area contributed by atoms with Crippen LogP contribution in [-0.4, -0.2) is 24.6 Å². The molecule has 0 heterocycles. The molecule has 1 aliphatic rings. The Labute approximate surface area is 89.0 Å². The number of ether oxygens (including phenoxy) is 1. The molecule has 84 valence electrons. The molecule has 1 rings (SSSR count). The van der Waals surface area contributed by atoms with E-state index in [1.807, 2.05) is 0 Å². The van der Waals surface area contributed by atoms with Crippen LogP contribution in [0.25, 0.3) is 0 Å². The Kier molecular flexibility index (Phi) is 2.98. The van der Waals surface area contributed by atoms with Crippen molar-refractivity contribution in [2.45, 2.75) is 27.2 Å². The predicted molar refractivity (Wildman–Crippen MR) is 53.1 cm³/mol. The van der Waals surface area contributed by atoms with Crippen LogP contribution in [0.3, 0.4) is 0 Å². The number of ketones is 2. The quantitative estimate of drug-likeness (QED) is 0.517. The number of hydrogen-bond acceptors (Lipinski definition) is 4. The predicted octanol–water partition coefficient (Wildman–Crippen LogP) is 0.980. The van der Waals surface area contributed by atoms with E-state index in [2.05, 4.69) is 4.74 Å². The van der Waals surface area contributed by atoms with Gasteiger partial charge < -0.3 is 4.74 Å². The van der Waals surface area contributed by atoms with Gasteiger partial charge in [0.1, 0.15) is 11.6 Å². The minimum atomic E-state index is -0.612. The number of Topliss-reactive ketones (excluding diaryl/α,β-unsaturated/α-hetero) is 2. The average Bonchev–Trinajstić information content (AvgIpc) is 2.16. The van der Waals surface area contributed by atoms with Crippen LogP contribution in [0.1, 0.15) is 27.2 Å². The van der Waals surface area contributed by atoms with Crippen molar-refractivity contribution in [3.8, 4) is 0 Å². The van der Waals surface area contributed by atoms with Crippen molar-refractivity contribution < 1.29 is 19.1 Å². The summed E-state index contributed by atoms with van der Waals surface area (Å²) in [5.41, 5.74) is -0.579. The van der Waals surface area contributed by atoms with Gasteiger partial charge >= 0.3 is 5.97 Å². The van der Waals surface area contributed by atoms with Gasteiger partial charge in [-0.15, -0.1) is 0 Å². The fourth-order valence-electron chi connectivity index (χ4n) is 2.19. The van der Waals surface area contributed by atoms with E-state index in [-0.39, 0.29) is 29.9 Å². The molecule has 0 saturated heterocycles. The first-order chi connectivity index (χ1) is 6.82. The molecule has 0 aromatic rings. The molecule has 4 heteroatoms. The number of methoxy groups -OCH3 is 1. The second kappa shape index (κ2) is 3.76. The first-order valence-electron chi connectivity index (χ1n) is 4.94. The fourth-order valence-corrected chi connectivity index (χ4v) is 2.19. The van der Waals surface area contributed by atoms with Crippen LogP contribution in [0, 0.1) is 17.3 Å². The third-order valence-electron chi connectivity index (χ3n) is 3.30. The van der Waals surface area contributed by atoms with Crippen LogP contribution >= 0.6 is 0 Å². The highest BCUT2D eigenvalue weighted by Crippen LogP contribution is 2.49. The molecule has 2 unspecified atom stereocenters. The largest absolute Gasteiger partial charge is 0.469 e. The standard InChI is InChI=1S/C11H16O4/c1-6(12)9-7(5-8(13)15-4)11(2,3)10(9)14/h7,9H,5H2,1-4H3. The highest BCUT2D eigenvalue weighted by Gasteiger charge is 2.58. The summed E-state index contributed by atoms with van der Waals surface area (Å²) in [5.74, 6) is -1.42. The third-order valence-corrected chi connectivity index (χ3v) is 3.30. The van der Waals surface area contributed by atoms with Crippen LogP contribution in [0.15, 0.2) is 0 Å². The van der Waals surface area contributed by atoms with Gasteiger partial charge in [-0.25, -0.2) is 0 Å². The van der Waals surface area contributed by atoms with Crippen molar-refractivity contribution in [1.82, 2.24) is 0 Å². The van der Waals surface area contributed by atoms with Crippen molar-refractivity contribution in [3.63, 3.8) is 0 Å². The Morgan fingerprint density at radius 1 is 1.40 bits per heavy atom. The maximum absolute atomic E-state index is 11.6. The minimum absolute atomic E-state index is 0.0658. The molecule has 0 radical (unpaired) electrons. The van der Waals surface area contributed by atoms with Gasteiger partial charge in [-0.3, -0.25) is 14.4 Å². The summed E-state index contributed by atoms with van der Waals surface area (Å²) in [7, 11) is 1.30. The molecular weight excluding hydrogens is 196 g/mol. The number of hydrogen-bond donors (Lipinski definition) is 0. The van der Waals surface area contributed by atoms with Crippen LogP contribution < -0.4 is 0 Å². The number of esters is 1. The van der Waals surface area contributed by atoms with E-state index in [1.54, 1.807) is 13.8 Å². The van der Waals surface area contributed by atoms with Crippen molar-refractivity contribution in [1.29, 1.82) is 0 Å². The molecule has 0 spiro atoms. The van der Waals surface area contributed by atoms with Crippen LogP contribution in [0.2, 0.25) is 0 Å². The molecule has 0 aliphatic heterocycles. The molecule has 0 N–H and O–H groups in total. The molecule has 1 saturated carbocycles. The van der Waals surface area contributed by atoms with Crippen LogP contribution in [0.4, 0.5) is 0 Å². The van der Waals surface area contributed by atoms with E-state index in [0.717, 1.165) is 0 Å². The highest BCUT2D eigenvalue weighted by atomic mass is 16.5. The van der Waals surface area contributed by atoms with Crippen molar-refractivity contribution in [2.24, 2.45) is 17.3 Å². The normalized spacial score (nSPS) is 28.1. The minimum Gasteiger partial charge on any atom is -0.469 e. The second-order valence-corrected chi connectivity index (χ2v) is 4.56. The monoisotopic (exact) mass is 212 g/mol. The molecule has 0 bridgehead atoms. The summed E-state index contributed by atoms with van der Waals surface area (Å²) < 4.78 is 4.55. The highest BCUT2D eigenvalue weighted by molar-refractivity contribution is 6.09. The average molecular weight is 212 g/mol. The number of carbonyl (C=O) groups is 3. The van der Waals surface area contributed by atoms with Gasteiger partial charge in [0.15, 0.2) is 0 Å². The van der Waals surface area contributed by atoms with Crippen molar-refractivity contribution in [2.75, 3.05) is 7.11 Å². The van der Waals surface area contributed by atoms with Crippen LogP contribution in [0.5, 0.6) is 0 Å². The number of carbonyl (C=O) groups excluding carboxylic acids is 3. The summed E-state index contributed by atoms with van der Waals surface area (Å²) in [6.45, 7) is 4.92. The van der Waals surface area contributed by atoms with E-state index >= 15 is 0 Å². The van der Waals surface area contributed by atoms with Gasteiger partial charge in [0.2, 0.25) is 0 Å². The summed E-state index contributed by atoms with van der Waals surface area (Å²) in [4.78, 5) is 34.0. The lowest BCUT2D eigenvalue weighted by molar-refractivity contribution is -0.163. The second-order valence-electron chi connectivity index (χ2n) is 4.56. The van der Waals surface area contributed by atoms with E-state index in [1.165, 1.54) is 14.0 Å². The molecule has 0 amide bonds. The Morgan fingerprint density at radius 3 is 2.33 bits per heavy atom. The lowest BCUT2D eigenvalue weighted by Crippen LogP contribution is -2.57. The smallest absolute Gasteiger partial charge is 0.305 e. The molecule has 1 aliphatic carbocycles. The SMILES string of the molecule is COC(=O)CC1C(C(C)=O)C(=O)C1(C)C. The zero-order valence-electron chi connectivity index (χ0n) is 9.49. The van der Waals surface area contributed by atoms with E-state index in [4.69, 9.17) is 0 Å². The number of rotatable bonds is 3. The van der Waals surface area contributed by atoms with Gasteiger partial charge in [0.05, 0.1) is 19.4 Å². The van der Waals surface area contributed by atoms with Crippen LogP contribution in [-0.2, 0) is 19.1 Å².